The molecule has 3 aromatic carbocycles. The Morgan fingerprint density at radius 1 is 0.762 bits per heavy atom. The lowest BCUT2D eigenvalue weighted by molar-refractivity contribution is -0.126. The van der Waals surface area contributed by atoms with Crippen molar-refractivity contribution in [3.05, 3.63) is 77.4 Å². The minimum absolute atomic E-state index is 0.135. The highest BCUT2D eigenvalue weighted by Crippen LogP contribution is 2.27. The van der Waals surface area contributed by atoms with Gasteiger partial charge in [0.25, 0.3) is 5.91 Å². The largest absolute Gasteiger partial charge is 0.422 e. The van der Waals surface area contributed by atoms with Gasteiger partial charge in [-0.05, 0) is 42.3 Å². The minimum Gasteiger partial charge on any atom is -0.422 e. The van der Waals surface area contributed by atoms with Crippen LogP contribution in [-0.4, -0.2) is 30.5 Å². The molecule has 0 aliphatic carbocycles. The van der Waals surface area contributed by atoms with Gasteiger partial charge < -0.3 is 10.1 Å². The lowest BCUT2D eigenvalue weighted by atomic mass is 10.0. The lowest BCUT2D eigenvalue weighted by Gasteiger charge is -2.11. The summed E-state index contributed by atoms with van der Waals surface area (Å²) in [5, 5.41) is 8.51. The first-order valence-electron chi connectivity index (χ1n) is 15.4. The van der Waals surface area contributed by atoms with Crippen molar-refractivity contribution in [1.29, 1.82) is 0 Å². The fourth-order valence-electron chi connectivity index (χ4n) is 4.77. The molecule has 0 unspecified atom stereocenters. The van der Waals surface area contributed by atoms with Gasteiger partial charge in [-0.3, -0.25) is 9.59 Å². The van der Waals surface area contributed by atoms with Crippen molar-refractivity contribution >= 4 is 34.8 Å². The maximum Gasteiger partial charge on any atom is 0.343 e. The van der Waals surface area contributed by atoms with E-state index in [1.165, 1.54) is 57.6 Å². The van der Waals surface area contributed by atoms with Crippen molar-refractivity contribution in [3.63, 3.8) is 0 Å². The van der Waals surface area contributed by atoms with E-state index in [4.69, 9.17) is 4.74 Å². The summed E-state index contributed by atoms with van der Waals surface area (Å²) in [7, 11) is 0. The number of hydrogen-bond acceptors (Lipinski definition) is 5. The Morgan fingerprint density at radius 3 is 2.10 bits per heavy atom. The SMILES string of the molecule is CCCCCCCCCCCCCC(=O)NCC(=O)N/N=C/c1c(OC(=O)c2ccc(C)cc2)ccc2ccccc12. The van der Waals surface area contributed by atoms with Crippen molar-refractivity contribution in [2.24, 2.45) is 5.10 Å². The summed E-state index contributed by atoms with van der Waals surface area (Å²) in [6, 6.07) is 18.4. The molecule has 0 heterocycles. The quantitative estimate of drug-likeness (QED) is 0.0539. The fraction of sp³-hybridized carbons (Fsp3) is 0.429. The van der Waals surface area contributed by atoms with Crippen LogP contribution in [0.5, 0.6) is 5.75 Å². The highest BCUT2D eigenvalue weighted by Gasteiger charge is 2.14. The Labute approximate surface area is 250 Å². The molecular weight excluding hydrogens is 526 g/mol. The van der Waals surface area contributed by atoms with E-state index in [-0.39, 0.29) is 12.5 Å². The van der Waals surface area contributed by atoms with E-state index in [0.717, 1.165) is 35.6 Å². The minimum atomic E-state index is -0.482. The zero-order valence-electron chi connectivity index (χ0n) is 25.1. The molecule has 0 fully saturated rings. The third-order valence-electron chi connectivity index (χ3n) is 7.26. The number of carbonyl (C=O) groups excluding carboxylic acids is 3. The van der Waals surface area contributed by atoms with Crippen LogP contribution < -0.4 is 15.5 Å². The Morgan fingerprint density at radius 2 is 1.40 bits per heavy atom. The fourth-order valence-corrected chi connectivity index (χ4v) is 4.77. The molecule has 2 N–H and O–H groups in total. The first kappa shape index (κ1) is 32.5. The topological polar surface area (TPSA) is 96.9 Å². The van der Waals surface area contributed by atoms with Crippen LogP contribution in [0.3, 0.4) is 0 Å². The number of nitrogens with zero attached hydrogens (tertiary/aromatic N) is 1. The van der Waals surface area contributed by atoms with Gasteiger partial charge in [0, 0.05) is 12.0 Å². The van der Waals surface area contributed by atoms with Crippen molar-refractivity contribution < 1.29 is 19.1 Å². The number of hydrazone groups is 1. The smallest absolute Gasteiger partial charge is 0.343 e. The van der Waals surface area contributed by atoms with Crippen LogP contribution in [-0.2, 0) is 9.59 Å². The van der Waals surface area contributed by atoms with E-state index >= 15 is 0 Å². The van der Waals surface area contributed by atoms with Gasteiger partial charge in [0.1, 0.15) is 5.75 Å². The van der Waals surface area contributed by atoms with Gasteiger partial charge in [-0.2, -0.15) is 5.10 Å². The van der Waals surface area contributed by atoms with Gasteiger partial charge in [-0.1, -0.05) is 119 Å². The summed E-state index contributed by atoms with van der Waals surface area (Å²) >= 11 is 0. The lowest BCUT2D eigenvalue weighted by Crippen LogP contribution is -2.34. The first-order chi connectivity index (χ1) is 20.5. The van der Waals surface area contributed by atoms with E-state index in [1.54, 1.807) is 18.2 Å². The van der Waals surface area contributed by atoms with Crippen LogP contribution in [0.1, 0.15) is 105 Å². The van der Waals surface area contributed by atoms with Gasteiger partial charge in [0.15, 0.2) is 0 Å². The third-order valence-corrected chi connectivity index (χ3v) is 7.26. The summed E-state index contributed by atoms with van der Waals surface area (Å²) in [5.41, 5.74) is 4.51. The number of benzene rings is 3. The highest BCUT2D eigenvalue weighted by molar-refractivity contribution is 6.04. The molecule has 0 aliphatic rings. The van der Waals surface area contributed by atoms with Crippen molar-refractivity contribution in [2.45, 2.75) is 90.9 Å². The molecule has 0 aromatic heterocycles. The Bertz CT molecular complexity index is 1320. The Balaban J connectivity index is 1.42. The molecule has 3 rings (SSSR count). The molecule has 0 saturated carbocycles. The molecule has 0 atom stereocenters. The van der Waals surface area contributed by atoms with Gasteiger partial charge in [0.2, 0.25) is 5.91 Å². The number of ether oxygens (including phenoxy) is 1. The molecule has 0 aliphatic heterocycles. The first-order valence-corrected chi connectivity index (χ1v) is 15.4. The molecular formula is C35H45N3O4. The summed E-state index contributed by atoms with van der Waals surface area (Å²) in [4.78, 5) is 37.2. The Hall–Kier alpha value is -4.00. The molecule has 0 radical (unpaired) electrons. The van der Waals surface area contributed by atoms with Crippen LogP contribution in [0, 0.1) is 6.92 Å². The molecule has 0 saturated heterocycles. The number of unbranched alkanes of at least 4 members (excludes halogenated alkanes) is 10. The van der Waals surface area contributed by atoms with Crippen LogP contribution in [0.25, 0.3) is 10.8 Å². The number of fused-ring (bicyclic) bond motifs is 1. The van der Waals surface area contributed by atoms with Crippen molar-refractivity contribution in [2.75, 3.05) is 6.54 Å². The standard InChI is InChI=1S/C35H45N3O4/c1-3-4-5-6-7-8-9-10-11-12-13-18-33(39)36-26-34(40)38-37-25-31-30-17-15-14-16-28(30)23-24-32(31)42-35(41)29-21-19-27(2)20-22-29/h14-17,19-25H,3-13,18,26H2,1-2H3,(H,36,39)(H,38,40)/b37-25+. The maximum atomic E-state index is 12.8. The number of nitrogens with one attached hydrogen (secondary N) is 2. The molecule has 42 heavy (non-hydrogen) atoms. The molecule has 0 bridgehead atoms. The highest BCUT2D eigenvalue weighted by atomic mass is 16.5. The van der Waals surface area contributed by atoms with E-state index in [2.05, 4.69) is 22.8 Å². The van der Waals surface area contributed by atoms with Crippen molar-refractivity contribution in [1.82, 2.24) is 10.7 Å². The number of amides is 2. The van der Waals surface area contributed by atoms with Crippen LogP contribution in [0.2, 0.25) is 0 Å². The molecule has 7 nitrogen and oxygen atoms in total. The molecule has 7 heteroatoms. The maximum absolute atomic E-state index is 12.8. The number of aryl methyl sites for hydroxylation is 1. The van der Waals surface area contributed by atoms with E-state index in [1.807, 2.05) is 49.4 Å². The Kier molecular flexibility index (Phi) is 14.3. The van der Waals surface area contributed by atoms with Crippen LogP contribution in [0.4, 0.5) is 0 Å². The predicted octanol–water partition coefficient (Wildman–Crippen LogP) is 7.63. The zero-order valence-corrected chi connectivity index (χ0v) is 25.1. The van der Waals surface area contributed by atoms with E-state index < -0.39 is 11.9 Å². The summed E-state index contributed by atoms with van der Waals surface area (Å²) in [6.07, 6.45) is 15.3. The second-order valence-electron chi connectivity index (χ2n) is 10.8. The summed E-state index contributed by atoms with van der Waals surface area (Å²) in [5.74, 6) is -0.719. The third kappa shape index (κ3) is 11.5. The molecule has 0 spiro atoms. The second kappa shape index (κ2) is 18.4. The second-order valence-corrected chi connectivity index (χ2v) is 10.8. The number of hydrogen-bond donors (Lipinski definition) is 2. The molecule has 3 aromatic rings. The van der Waals surface area contributed by atoms with Gasteiger partial charge >= 0.3 is 5.97 Å². The predicted molar refractivity (Wildman–Crippen MR) is 170 cm³/mol. The number of carbonyl (C=O) groups is 3. The zero-order chi connectivity index (χ0) is 30.0. The summed E-state index contributed by atoms with van der Waals surface area (Å²) in [6.45, 7) is 4.04. The summed E-state index contributed by atoms with van der Waals surface area (Å²) < 4.78 is 5.71. The number of esters is 1. The van der Waals surface area contributed by atoms with E-state index in [9.17, 15) is 14.4 Å². The monoisotopic (exact) mass is 571 g/mol. The van der Waals surface area contributed by atoms with Gasteiger partial charge in [0.05, 0.1) is 18.3 Å². The van der Waals surface area contributed by atoms with Crippen molar-refractivity contribution in [3.8, 4) is 5.75 Å². The van der Waals surface area contributed by atoms with Crippen LogP contribution >= 0.6 is 0 Å². The average molecular weight is 572 g/mol. The molecule has 2 amide bonds. The van der Waals surface area contributed by atoms with Crippen LogP contribution in [0.15, 0.2) is 65.8 Å². The van der Waals surface area contributed by atoms with Gasteiger partial charge in [-0.15, -0.1) is 0 Å². The molecule has 224 valence electrons. The van der Waals surface area contributed by atoms with Gasteiger partial charge in [-0.25, -0.2) is 10.2 Å². The average Bonchev–Trinajstić information content (AvgIpc) is 3.00. The van der Waals surface area contributed by atoms with E-state index in [0.29, 0.717) is 23.3 Å². The normalized spacial score (nSPS) is 11.1. The number of rotatable bonds is 18.